The van der Waals surface area contributed by atoms with Crippen LogP contribution < -0.4 is 5.32 Å². The maximum absolute atomic E-state index is 11.6. The summed E-state index contributed by atoms with van der Waals surface area (Å²) in [5, 5.41) is 5.07. The highest BCUT2D eigenvalue weighted by atomic mass is 127. The van der Waals surface area contributed by atoms with E-state index < -0.39 is 0 Å². The Morgan fingerprint density at radius 3 is 2.62 bits per heavy atom. The van der Waals surface area contributed by atoms with Gasteiger partial charge in [-0.25, -0.2) is 0 Å². The van der Waals surface area contributed by atoms with Gasteiger partial charge in [-0.15, -0.1) is 0 Å². The van der Waals surface area contributed by atoms with Crippen molar-refractivity contribution in [2.24, 2.45) is 0 Å². The molecule has 0 bridgehead atoms. The Bertz CT molecular complexity index is 536. The molecule has 2 rings (SSSR count). The van der Waals surface area contributed by atoms with Crippen molar-refractivity contribution in [3.05, 3.63) is 45.5 Å². The van der Waals surface area contributed by atoms with Crippen LogP contribution in [0.15, 0.2) is 36.4 Å². The van der Waals surface area contributed by atoms with Crippen molar-refractivity contribution in [1.29, 1.82) is 0 Å². The standard InChI is InChI=1S/C13H12INO/c1-2-15-13(16)11-4-3-10-8-12(14)6-5-9(10)7-11/h3-8H,2H2,1H3,(H,15,16). The number of halogens is 1. The first-order chi connectivity index (χ1) is 7.70. The molecule has 0 fully saturated rings. The minimum Gasteiger partial charge on any atom is -0.352 e. The zero-order valence-corrected chi connectivity index (χ0v) is 11.1. The first-order valence-corrected chi connectivity index (χ1v) is 6.26. The summed E-state index contributed by atoms with van der Waals surface area (Å²) in [6.45, 7) is 2.57. The highest BCUT2D eigenvalue weighted by molar-refractivity contribution is 14.1. The van der Waals surface area contributed by atoms with E-state index >= 15 is 0 Å². The van der Waals surface area contributed by atoms with Gasteiger partial charge in [-0.1, -0.05) is 12.1 Å². The van der Waals surface area contributed by atoms with Crippen LogP contribution in [0.3, 0.4) is 0 Å². The Balaban J connectivity index is 2.44. The molecule has 16 heavy (non-hydrogen) atoms. The molecule has 2 aromatic rings. The van der Waals surface area contributed by atoms with Gasteiger partial charge in [0.2, 0.25) is 0 Å². The summed E-state index contributed by atoms with van der Waals surface area (Å²) in [5.74, 6) is -0.0112. The topological polar surface area (TPSA) is 29.1 Å². The maximum Gasteiger partial charge on any atom is 0.251 e. The minimum absolute atomic E-state index is 0.0112. The summed E-state index contributed by atoms with van der Waals surface area (Å²) in [7, 11) is 0. The van der Waals surface area contributed by atoms with Crippen LogP contribution in [0.1, 0.15) is 17.3 Å². The van der Waals surface area contributed by atoms with E-state index in [1.54, 1.807) is 0 Å². The van der Waals surface area contributed by atoms with E-state index in [0.29, 0.717) is 6.54 Å². The maximum atomic E-state index is 11.6. The van der Waals surface area contributed by atoms with Crippen molar-refractivity contribution in [3.63, 3.8) is 0 Å². The monoisotopic (exact) mass is 325 g/mol. The van der Waals surface area contributed by atoms with Crippen LogP contribution in [-0.4, -0.2) is 12.5 Å². The molecule has 0 radical (unpaired) electrons. The van der Waals surface area contributed by atoms with Gasteiger partial charge in [-0.05, 0) is 64.6 Å². The fourth-order valence-electron chi connectivity index (χ4n) is 1.62. The van der Waals surface area contributed by atoms with Crippen molar-refractivity contribution < 1.29 is 4.79 Å². The number of rotatable bonds is 2. The molecule has 0 unspecified atom stereocenters. The van der Waals surface area contributed by atoms with E-state index in [9.17, 15) is 4.79 Å². The summed E-state index contributed by atoms with van der Waals surface area (Å²) in [5.41, 5.74) is 0.718. The number of carbonyl (C=O) groups excluding carboxylic acids is 1. The summed E-state index contributed by atoms with van der Waals surface area (Å²) in [6.07, 6.45) is 0. The molecule has 2 aromatic carbocycles. The van der Waals surface area contributed by atoms with Crippen molar-refractivity contribution in [2.45, 2.75) is 6.92 Å². The molecule has 0 aliphatic heterocycles. The van der Waals surface area contributed by atoms with Gasteiger partial charge in [-0.2, -0.15) is 0 Å². The van der Waals surface area contributed by atoms with Crippen molar-refractivity contribution >= 4 is 39.3 Å². The molecule has 0 heterocycles. The molecular formula is C13H12INO. The quantitative estimate of drug-likeness (QED) is 0.844. The molecule has 0 saturated carbocycles. The van der Waals surface area contributed by atoms with Gasteiger partial charge in [0.05, 0.1) is 0 Å². The van der Waals surface area contributed by atoms with Gasteiger partial charge in [0.1, 0.15) is 0 Å². The van der Waals surface area contributed by atoms with Crippen LogP contribution in [0.4, 0.5) is 0 Å². The van der Waals surface area contributed by atoms with Gasteiger partial charge < -0.3 is 5.32 Å². The van der Waals surface area contributed by atoms with Crippen LogP contribution >= 0.6 is 22.6 Å². The zero-order valence-electron chi connectivity index (χ0n) is 8.96. The second kappa shape index (κ2) is 4.82. The number of nitrogens with one attached hydrogen (secondary N) is 1. The van der Waals surface area contributed by atoms with Gasteiger partial charge in [0.25, 0.3) is 5.91 Å². The average Bonchev–Trinajstić information content (AvgIpc) is 2.28. The summed E-state index contributed by atoms with van der Waals surface area (Å²) >= 11 is 2.28. The summed E-state index contributed by atoms with van der Waals surface area (Å²) < 4.78 is 1.20. The number of carbonyl (C=O) groups is 1. The molecule has 0 spiro atoms. The molecule has 3 heteroatoms. The van der Waals surface area contributed by atoms with E-state index in [-0.39, 0.29) is 5.91 Å². The van der Waals surface area contributed by atoms with E-state index in [4.69, 9.17) is 0 Å². The average molecular weight is 325 g/mol. The number of hydrogen-bond donors (Lipinski definition) is 1. The first-order valence-electron chi connectivity index (χ1n) is 5.18. The van der Waals surface area contributed by atoms with E-state index in [0.717, 1.165) is 10.9 Å². The molecule has 2 nitrogen and oxygen atoms in total. The van der Waals surface area contributed by atoms with Gasteiger partial charge >= 0.3 is 0 Å². The lowest BCUT2D eigenvalue weighted by Gasteiger charge is -2.04. The van der Waals surface area contributed by atoms with Crippen LogP contribution in [0, 0.1) is 3.57 Å². The van der Waals surface area contributed by atoms with Crippen molar-refractivity contribution in [2.75, 3.05) is 6.54 Å². The third kappa shape index (κ3) is 2.35. The van der Waals surface area contributed by atoms with E-state index in [2.05, 4.69) is 34.0 Å². The Hall–Kier alpha value is -1.10. The molecule has 0 atom stereocenters. The molecule has 0 aliphatic rings. The molecular weight excluding hydrogens is 313 g/mol. The van der Waals surface area contributed by atoms with Crippen LogP contribution in [0.5, 0.6) is 0 Å². The molecule has 0 aromatic heterocycles. The molecule has 1 N–H and O–H groups in total. The Kier molecular flexibility index (Phi) is 3.43. The third-order valence-electron chi connectivity index (χ3n) is 2.40. The lowest BCUT2D eigenvalue weighted by Crippen LogP contribution is -2.22. The number of amides is 1. The third-order valence-corrected chi connectivity index (χ3v) is 3.07. The minimum atomic E-state index is -0.0112. The fourth-order valence-corrected chi connectivity index (χ4v) is 2.14. The molecule has 1 amide bonds. The predicted octanol–water partition coefficient (Wildman–Crippen LogP) is 3.19. The highest BCUT2D eigenvalue weighted by Gasteiger charge is 2.04. The van der Waals surface area contributed by atoms with E-state index in [1.807, 2.05) is 37.3 Å². The molecule has 0 saturated heterocycles. The second-order valence-electron chi connectivity index (χ2n) is 3.57. The summed E-state index contributed by atoms with van der Waals surface area (Å²) in [6, 6.07) is 12.0. The Morgan fingerprint density at radius 1 is 1.19 bits per heavy atom. The van der Waals surface area contributed by atoms with Gasteiger partial charge in [0, 0.05) is 15.7 Å². The number of hydrogen-bond acceptors (Lipinski definition) is 1. The van der Waals surface area contributed by atoms with Crippen molar-refractivity contribution in [1.82, 2.24) is 5.32 Å². The number of benzene rings is 2. The van der Waals surface area contributed by atoms with Crippen LogP contribution in [0.25, 0.3) is 10.8 Å². The largest absolute Gasteiger partial charge is 0.352 e. The molecule has 82 valence electrons. The normalized spacial score (nSPS) is 10.4. The van der Waals surface area contributed by atoms with E-state index in [1.165, 1.54) is 8.96 Å². The fraction of sp³-hybridized carbons (Fsp3) is 0.154. The predicted molar refractivity (Wildman–Crippen MR) is 74.7 cm³/mol. The van der Waals surface area contributed by atoms with Gasteiger partial charge in [0.15, 0.2) is 0 Å². The van der Waals surface area contributed by atoms with Crippen molar-refractivity contribution in [3.8, 4) is 0 Å². The lowest BCUT2D eigenvalue weighted by atomic mass is 10.1. The van der Waals surface area contributed by atoms with Crippen LogP contribution in [-0.2, 0) is 0 Å². The lowest BCUT2D eigenvalue weighted by molar-refractivity contribution is 0.0956. The second-order valence-corrected chi connectivity index (χ2v) is 4.81. The highest BCUT2D eigenvalue weighted by Crippen LogP contribution is 2.18. The smallest absolute Gasteiger partial charge is 0.251 e. The molecule has 0 aliphatic carbocycles. The SMILES string of the molecule is CCNC(=O)c1ccc2cc(I)ccc2c1. The zero-order chi connectivity index (χ0) is 11.5. The van der Waals surface area contributed by atoms with Crippen LogP contribution in [0.2, 0.25) is 0 Å². The first kappa shape index (κ1) is 11.4. The summed E-state index contributed by atoms with van der Waals surface area (Å²) in [4.78, 5) is 11.6. The number of fused-ring (bicyclic) bond motifs is 1. The van der Waals surface area contributed by atoms with Gasteiger partial charge in [-0.3, -0.25) is 4.79 Å². The Labute approximate surface area is 108 Å². The Morgan fingerprint density at radius 2 is 1.88 bits per heavy atom.